The van der Waals surface area contributed by atoms with Crippen molar-refractivity contribution in [2.75, 3.05) is 6.54 Å². The van der Waals surface area contributed by atoms with Crippen molar-refractivity contribution in [3.63, 3.8) is 0 Å². The second-order valence-corrected chi connectivity index (χ2v) is 4.61. The number of hydrogen-bond donors (Lipinski definition) is 1. The predicted molar refractivity (Wildman–Crippen MR) is 54.3 cm³/mol. The summed E-state index contributed by atoms with van der Waals surface area (Å²) in [6.45, 7) is 0.864. The highest BCUT2D eigenvalue weighted by molar-refractivity contribution is 5.81. The molecular weight excluding hydrogens is 194 g/mol. The minimum Gasteiger partial charge on any atom is -0.481 e. The van der Waals surface area contributed by atoms with Crippen LogP contribution in [0, 0.1) is 5.92 Å². The molecule has 84 valence electrons. The van der Waals surface area contributed by atoms with Crippen LogP contribution in [0.5, 0.6) is 0 Å². The SMILES string of the molecule is O=C(O)CCC(=O)N1CC2CCC1CC2. The molecule has 3 fully saturated rings. The van der Waals surface area contributed by atoms with E-state index in [9.17, 15) is 9.59 Å². The fraction of sp³-hybridized carbons (Fsp3) is 0.818. The first-order valence-corrected chi connectivity index (χ1v) is 5.68. The van der Waals surface area contributed by atoms with Gasteiger partial charge in [0, 0.05) is 19.0 Å². The fourth-order valence-electron chi connectivity index (χ4n) is 2.73. The van der Waals surface area contributed by atoms with Crippen LogP contribution in [0.1, 0.15) is 38.5 Å². The number of carbonyl (C=O) groups is 2. The molecule has 0 aromatic rings. The topological polar surface area (TPSA) is 57.6 Å². The molecule has 2 bridgehead atoms. The number of carboxylic acids is 1. The number of hydrogen-bond acceptors (Lipinski definition) is 2. The van der Waals surface area contributed by atoms with Gasteiger partial charge in [-0.25, -0.2) is 0 Å². The van der Waals surface area contributed by atoms with Gasteiger partial charge in [0.15, 0.2) is 0 Å². The molecule has 2 aliphatic heterocycles. The lowest BCUT2D eigenvalue weighted by molar-refractivity contribution is -0.144. The third kappa shape index (κ3) is 2.30. The second kappa shape index (κ2) is 4.21. The Labute approximate surface area is 89.3 Å². The Balaban J connectivity index is 1.87. The third-order valence-electron chi connectivity index (χ3n) is 3.59. The number of carboxylic acid groups (broad SMARTS) is 1. The Morgan fingerprint density at radius 3 is 2.27 bits per heavy atom. The Hall–Kier alpha value is -1.06. The maximum atomic E-state index is 11.8. The highest BCUT2D eigenvalue weighted by atomic mass is 16.4. The van der Waals surface area contributed by atoms with Crippen molar-refractivity contribution in [1.82, 2.24) is 4.90 Å². The molecule has 1 aliphatic carbocycles. The van der Waals surface area contributed by atoms with E-state index in [4.69, 9.17) is 5.11 Å². The Bertz CT molecular complexity index is 269. The number of fused-ring (bicyclic) bond motifs is 3. The molecule has 2 saturated heterocycles. The molecule has 0 aromatic heterocycles. The smallest absolute Gasteiger partial charge is 0.303 e. The van der Waals surface area contributed by atoms with Crippen LogP contribution in [0.3, 0.4) is 0 Å². The van der Waals surface area contributed by atoms with Gasteiger partial charge in [-0.2, -0.15) is 0 Å². The molecule has 1 saturated carbocycles. The van der Waals surface area contributed by atoms with Gasteiger partial charge in [0.25, 0.3) is 0 Å². The molecule has 1 N–H and O–H groups in total. The molecule has 3 aliphatic rings. The maximum Gasteiger partial charge on any atom is 0.303 e. The zero-order valence-electron chi connectivity index (χ0n) is 8.82. The van der Waals surface area contributed by atoms with Crippen LogP contribution in [0.2, 0.25) is 0 Å². The molecular formula is C11H17NO3. The summed E-state index contributed by atoms with van der Waals surface area (Å²) in [7, 11) is 0. The number of carbonyl (C=O) groups excluding carboxylic acids is 1. The molecule has 0 unspecified atom stereocenters. The first-order valence-electron chi connectivity index (χ1n) is 5.68. The lowest BCUT2D eigenvalue weighted by atomic mass is 9.80. The highest BCUT2D eigenvalue weighted by Gasteiger charge is 2.35. The molecule has 3 rings (SSSR count). The van der Waals surface area contributed by atoms with Crippen LogP contribution in [0.15, 0.2) is 0 Å². The van der Waals surface area contributed by atoms with Crippen molar-refractivity contribution in [1.29, 1.82) is 0 Å². The van der Waals surface area contributed by atoms with Gasteiger partial charge >= 0.3 is 5.97 Å². The number of nitrogens with zero attached hydrogens (tertiary/aromatic N) is 1. The Morgan fingerprint density at radius 1 is 1.13 bits per heavy atom. The first-order chi connectivity index (χ1) is 7.16. The van der Waals surface area contributed by atoms with Gasteiger partial charge < -0.3 is 10.0 Å². The van der Waals surface area contributed by atoms with Crippen molar-refractivity contribution < 1.29 is 14.7 Å². The minimum absolute atomic E-state index is 0.0341. The van der Waals surface area contributed by atoms with E-state index in [0.717, 1.165) is 19.4 Å². The van der Waals surface area contributed by atoms with Crippen LogP contribution in [-0.2, 0) is 9.59 Å². The van der Waals surface area contributed by atoms with Crippen molar-refractivity contribution in [2.24, 2.45) is 5.92 Å². The number of aliphatic carboxylic acids is 1. The van der Waals surface area contributed by atoms with E-state index in [-0.39, 0.29) is 18.7 Å². The van der Waals surface area contributed by atoms with Gasteiger partial charge in [-0.3, -0.25) is 9.59 Å². The summed E-state index contributed by atoms with van der Waals surface area (Å²) in [5.74, 6) is -0.180. The van der Waals surface area contributed by atoms with E-state index >= 15 is 0 Å². The average Bonchev–Trinajstić information content (AvgIpc) is 2.27. The van der Waals surface area contributed by atoms with Crippen molar-refractivity contribution in [3.8, 4) is 0 Å². The summed E-state index contributed by atoms with van der Waals surface area (Å²) in [6, 6.07) is 0.399. The van der Waals surface area contributed by atoms with Gasteiger partial charge in [0.05, 0.1) is 6.42 Å². The largest absolute Gasteiger partial charge is 0.481 e. The fourth-order valence-corrected chi connectivity index (χ4v) is 2.73. The van der Waals surface area contributed by atoms with Gasteiger partial charge in [-0.05, 0) is 31.6 Å². The van der Waals surface area contributed by atoms with Gasteiger partial charge in [-0.15, -0.1) is 0 Å². The monoisotopic (exact) mass is 211 g/mol. The molecule has 2 heterocycles. The van der Waals surface area contributed by atoms with Crippen LogP contribution in [0.4, 0.5) is 0 Å². The Morgan fingerprint density at radius 2 is 1.80 bits per heavy atom. The average molecular weight is 211 g/mol. The van der Waals surface area contributed by atoms with Crippen molar-refractivity contribution in [3.05, 3.63) is 0 Å². The summed E-state index contributed by atoms with van der Waals surface area (Å²) in [5.41, 5.74) is 0. The summed E-state index contributed by atoms with van der Waals surface area (Å²) in [6.07, 6.45) is 4.85. The summed E-state index contributed by atoms with van der Waals surface area (Å²) in [5, 5.41) is 8.52. The first kappa shape index (κ1) is 10.5. The molecule has 0 spiro atoms. The lowest BCUT2D eigenvalue weighted by Crippen LogP contribution is -2.50. The highest BCUT2D eigenvalue weighted by Crippen LogP contribution is 2.35. The molecule has 0 aromatic carbocycles. The van der Waals surface area contributed by atoms with E-state index in [1.165, 1.54) is 12.8 Å². The van der Waals surface area contributed by atoms with E-state index in [0.29, 0.717) is 12.0 Å². The summed E-state index contributed by atoms with van der Waals surface area (Å²) >= 11 is 0. The van der Waals surface area contributed by atoms with Crippen LogP contribution < -0.4 is 0 Å². The summed E-state index contributed by atoms with van der Waals surface area (Å²) in [4.78, 5) is 24.0. The lowest BCUT2D eigenvalue weighted by Gasteiger charge is -2.45. The predicted octanol–water partition coefficient (Wildman–Crippen LogP) is 1.25. The van der Waals surface area contributed by atoms with E-state index in [1.807, 2.05) is 4.90 Å². The Kier molecular flexibility index (Phi) is 2.93. The van der Waals surface area contributed by atoms with E-state index in [2.05, 4.69) is 0 Å². The number of amides is 1. The second-order valence-electron chi connectivity index (χ2n) is 4.61. The quantitative estimate of drug-likeness (QED) is 0.764. The minimum atomic E-state index is -0.884. The van der Waals surface area contributed by atoms with Gasteiger partial charge in [-0.1, -0.05) is 0 Å². The molecule has 4 heteroatoms. The molecule has 1 amide bonds. The third-order valence-corrected chi connectivity index (χ3v) is 3.59. The molecule has 4 nitrogen and oxygen atoms in total. The van der Waals surface area contributed by atoms with Crippen LogP contribution in [0.25, 0.3) is 0 Å². The number of piperidine rings is 2. The van der Waals surface area contributed by atoms with Crippen LogP contribution >= 0.6 is 0 Å². The maximum absolute atomic E-state index is 11.8. The van der Waals surface area contributed by atoms with Gasteiger partial charge in [0.2, 0.25) is 5.91 Å². The molecule has 0 radical (unpaired) electrons. The van der Waals surface area contributed by atoms with Crippen molar-refractivity contribution in [2.45, 2.75) is 44.6 Å². The summed E-state index contributed by atoms with van der Waals surface area (Å²) < 4.78 is 0. The zero-order chi connectivity index (χ0) is 10.8. The van der Waals surface area contributed by atoms with Gasteiger partial charge in [0.1, 0.15) is 0 Å². The molecule has 15 heavy (non-hydrogen) atoms. The normalized spacial score (nSPS) is 29.2. The van der Waals surface area contributed by atoms with E-state index in [1.54, 1.807) is 0 Å². The van der Waals surface area contributed by atoms with Crippen LogP contribution in [-0.4, -0.2) is 34.5 Å². The number of rotatable bonds is 3. The molecule has 0 atom stereocenters. The zero-order valence-corrected chi connectivity index (χ0v) is 8.82. The van der Waals surface area contributed by atoms with E-state index < -0.39 is 5.97 Å². The van der Waals surface area contributed by atoms with Crippen molar-refractivity contribution >= 4 is 11.9 Å². The standard InChI is InChI=1S/C11H17NO3/c13-10(5-6-11(14)15)12-7-8-1-3-9(12)4-2-8/h8-9H,1-7H2,(H,14,15).